The number of carbonyl (C=O) groups excluding carboxylic acids is 2. The lowest BCUT2D eigenvalue weighted by atomic mass is 9.91. The van der Waals surface area contributed by atoms with Crippen LogP contribution in [0.5, 0.6) is 0 Å². The Bertz CT molecular complexity index is 1330. The highest BCUT2D eigenvalue weighted by Crippen LogP contribution is 2.50. The quantitative estimate of drug-likeness (QED) is 0.320. The molecular weight excluding hydrogens is 617 g/mol. The molecule has 2 aromatic rings. The monoisotopic (exact) mass is 650 g/mol. The molecule has 4 rings (SSSR count). The van der Waals surface area contributed by atoms with E-state index in [0.717, 1.165) is 18.2 Å². The molecule has 248 valence electrons. The highest BCUT2D eigenvalue weighted by atomic mass is 19.4. The highest BCUT2D eigenvalue weighted by Gasteiger charge is 2.71. The summed E-state index contributed by atoms with van der Waals surface area (Å²) in [5.74, 6) is -1.29. The Kier molecular flexibility index (Phi) is 10.3. The predicted molar refractivity (Wildman–Crippen MR) is 147 cm³/mol. The third kappa shape index (κ3) is 8.04. The van der Waals surface area contributed by atoms with Gasteiger partial charge < -0.3 is 30.5 Å². The summed E-state index contributed by atoms with van der Waals surface area (Å²) in [7, 11) is 0. The van der Waals surface area contributed by atoms with Crippen molar-refractivity contribution in [3.05, 3.63) is 65.0 Å². The van der Waals surface area contributed by atoms with E-state index in [1.54, 1.807) is 0 Å². The number of amides is 3. The maximum Gasteiger partial charge on any atom is 0.430 e. The van der Waals surface area contributed by atoms with Crippen molar-refractivity contribution in [3.8, 4) is 0 Å². The van der Waals surface area contributed by atoms with Crippen molar-refractivity contribution in [1.29, 1.82) is 0 Å². The van der Waals surface area contributed by atoms with E-state index in [1.165, 1.54) is 17.0 Å². The summed E-state index contributed by atoms with van der Waals surface area (Å²) in [6.45, 7) is 2.30. The van der Waals surface area contributed by atoms with Gasteiger partial charge in [0.25, 0.3) is 11.5 Å². The lowest BCUT2D eigenvalue weighted by molar-refractivity contribution is -0.376. The fourth-order valence-corrected chi connectivity index (χ4v) is 5.22. The molecule has 0 saturated carbocycles. The Labute approximate surface area is 253 Å². The van der Waals surface area contributed by atoms with Crippen LogP contribution in [-0.4, -0.2) is 95.8 Å². The van der Waals surface area contributed by atoms with E-state index >= 15 is 0 Å². The van der Waals surface area contributed by atoms with Gasteiger partial charge in [-0.15, -0.1) is 0 Å². The number of urea groups is 1. The molecule has 0 radical (unpaired) electrons. The van der Waals surface area contributed by atoms with Crippen LogP contribution in [0, 0.1) is 5.82 Å². The second-order valence-electron chi connectivity index (χ2n) is 11.1. The van der Waals surface area contributed by atoms with Gasteiger partial charge in [0, 0.05) is 63.6 Å². The number of ether oxygens (including phenoxy) is 1. The summed E-state index contributed by atoms with van der Waals surface area (Å²) in [6, 6.07) is 6.27. The van der Waals surface area contributed by atoms with E-state index in [-0.39, 0.29) is 37.4 Å². The number of benzene rings is 2. The molecule has 0 atom stereocenters. The van der Waals surface area contributed by atoms with Crippen LogP contribution in [0.15, 0.2) is 42.5 Å². The molecule has 0 bridgehead atoms. The first kappa shape index (κ1) is 34.4. The zero-order valence-corrected chi connectivity index (χ0v) is 24.0. The van der Waals surface area contributed by atoms with Crippen molar-refractivity contribution in [2.24, 2.45) is 0 Å². The fourth-order valence-electron chi connectivity index (χ4n) is 5.22. The molecule has 4 N–H and O–H groups in total. The lowest BCUT2D eigenvalue weighted by Crippen LogP contribution is -2.53. The Morgan fingerprint density at radius 3 is 2.07 bits per heavy atom. The van der Waals surface area contributed by atoms with E-state index in [9.17, 15) is 50.5 Å². The summed E-state index contributed by atoms with van der Waals surface area (Å²) in [5, 5.41) is 24.9. The molecular formula is C29H33F7N4O5. The number of anilines is 1. The molecule has 0 aromatic heterocycles. The molecule has 0 spiro atoms. The van der Waals surface area contributed by atoms with Gasteiger partial charge in [-0.1, -0.05) is 24.3 Å². The van der Waals surface area contributed by atoms with Gasteiger partial charge >= 0.3 is 18.4 Å². The van der Waals surface area contributed by atoms with Crippen LogP contribution in [0.3, 0.4) is 0 Å². The minimum atomic E-state index is -5.97. The topological polar surface area (TPSA) is 114 Å². The minimum Gasteiger partial charge on any atom is -0.390 e. The predicted octanol–water partition coefficient (Wildman–Crippen LogP) is 4.15. The highest BCUT2D eigenvalue weighted by molar-refractivity contribution is 5.95. The normalized spacial score (nSPS) is 18.0. The van der Waals surface area contributed by atoms with Crippen molar-refractivity contribution >= 4 is 17.6 Å². The number of nitrogens with zero attached hydrogens (tertiary/aromatic N) is 2. The third-order valence-electron chi connectivity index (χ3n) is 8.02. The van der Waals surface area contributed by atoms with Crippen LogP contribution in [0.2, 0.25) is 0 Å². The van der Waals surface area contributed by atoms with Crippen molar-refractivity contribution in [2.75, 3.05) is 51.3 Å². The maximum atomic E-state index is 14.7. The first-order valence-electron chi connectivity index (χ1n) is 14.1. The second kappa shape index (κ2) is 13.5. The molecule has 0 unspecified atom stereocenters. The maximum absolute atomic E-state index is 14.7. The van der Waals surface area contributed by atoms with E-state index < -0.39 is 46.9 Å². The Morgan fingerprint density at radius 1 is 0.911 bits per heavy atom. The van der Waals surface area contributed by atoms with E-state index in [2.05, 4.69) is 10.6 Å². The molecule has 9 nitrogen and oxygen atoms in total. The first-order chi connectivity index (χ1) is 21.0. The van der Waals surface area contributed by atoms with Gasteiger partial charge in [0.15, 0.2) is 0 Å². The van der Waals surface area contributed by atoms with Crippen molar-refractivity contribution in [1.82, 2.24) is 15.1 Å². The number of carbonyl (C=O) groups is 2. The zero-order valence-electron chi connectivity index (χ0n) is 24.0. The summed E-state index contributed by atoms with van der Waals surface area (Å²) in [4.78, 5) is 28.5. The lowest BCUT2D eigenvalue weighted by Gasteiger charge is -2.35. The number of halogens is 7. The molecule has 45 heavy (non-hydrogen) atoms. The number of rotatable bonds is 8. The molecule has 2 aromatic carbocycles. The number of piperazine rings is 1. The standard InChI is InChI=1S/C29H33F7N4O5/c30-22-17-20(3-6-23(22)38-25(42)37-10-7-26(43)8-15-45-16-9-26)24(41)40-13-11-39(12-14-40)18-19-1-4-21(5-2-19)27(44,28(31,32)33)29(34,35)36/h1-6,17,43-44H,7-16,18H2,(H2,37,38,42). The molecule has 2 aliphatic rings. The molecule has 2 aliphatic heterocycles. The van der Waals surface area contributed by atoms with Crippen molar-refractivity contribution in [2.45, 2.75) is 49.4 Å². The van der Waals surface area contributed by atoms with Crippen molar-refractivity contribution < 1.29 is 55.3 Å². The summed E-state index contributed by atoms with van der Waals surface area (Å²) >= 11 is 0. The summed E-state index contributed by atoms with van der Waals surface area (Å²) in [5.41, 5.74) is -6.97. The summed E-state index contributed by atoms with van der Waals surface area (Å²) in [6.07, 6.45) is -10.7. The van der Waals surface area contributed by atoms with Gasteiger partial charge in [-0.25, -0.2) is 9.18 Å². The average Bonchev–Trinajstić information content (AvgIpc) is 2.97. The van der Waals surface area contributed by atoms with Crippen LogP contribution < -0.4 is 10.6 Å². The number of hydrogen-bond donors (Lipinski definition) is 4. The van der Waals surface area contributed by atoms with Crippen LogP contribution in [-0.2, 0) is 16.9 Å². The third-order valence-corrected chi connectivity index (χ3v) is 8.02. The van der Waals surface area contributed by atoms with Gasteiger partial charge in [0.05, 0.1) is 11.3 Å². The van der Waals surface area contributed by atoms with Crippen molar-refractivity contribution in [3.63, 3.8) is 0 Å². The van der Waals surface area contributed by atoms with E-state index in [0.29, 0.717) is 63.3 Å². The second-order valence-corrected chi connectivity index (χ2v) is 11.1. The van der Waals surface area contributed by atoms with Crippen LogP contribution in [0.25, 0.3) is 0 Å². The summed E-state index contributed by atoms with van der Waals surface area (Å²) < 4.78 is 98.7. The van der Waals surface area contributed by atoms with E-state index in [1.807, 2.05) is 4.90 Å². The molecule has 0 aliphatic carbocycles. The minimum absolute atomic E-state index is 0.0473. The molecule has 16 heteroatoms. The number of hydrogen-bond acceptors (Lipinski definition) is 6. The molecule has 2 heterocycles. The SMILES string of the molecule is O=C(NCCC1(O)CCOCC1)Nc1ccc(C(=O)N2CCN(Cc3ccc(C(O)(C(F)(F)F)C(F)(F)F)cc3)CC2)cc1F. The molecule has 3 amide bonds. The first-order valence-corrected chi connectivity index (χ1v) is 14.1. The Hall–Kier alpha value is -3.47. The average molecular weight is 651 g/mol. The number of alkyl halides is 6. The Balaban J connectivity index is 1.26. The zero-order chi connectivity index (χ0) is 33.0. The largest absolute Gasteiger partial charge is 0.430 e. The fraction of sp³-hybridized carbons (Fsp3) is 0.517. The van der Waals surface area contributed by atoms with Gasteiger partial charge in [-0.3, -0.25) is 9.69 Å². The molecule has 2 fully saturated rings. The van der Waals surface area contributed by atoms with Crippen LogP contribution in [0.1, 0.15) is 40.7 Å². The van der Waals surface area contributed by atoms with Crippen LogP contribution >= 0.6 is 0 Å². The van der Waals surface area contributed by atoms with Gasteiger partial charge in [0.1, 0.15) is 5.82 Å². The van der Waals surface area contributed by atoms with Gasteiger partial charge in [0.2, 0.25) is 0 Å². The van der Waals surface area contributed by atoms with Gasteiger partial charge in [-0.2, -0.15) is 26.3 Å². The van der Waals surface area contributed by atoms with Crippen LogP contribution in [0.4, 0.5) is 41.2 Å². The van der Waals surface area contributed by atoms with Gasteiger partial charge in [-0.05, 0) is 43.0 Å². The molecule has 2 saturated heterocycles. The smallest absolute Gasteiger partial charge is 0.390 e. The number of aliphatic hydroxyl groups is 2. The number of nitrogens with one attached hydrogen (secondary N) is 2. The van der Waals surface area contributed by atoms with E-state index in [4.69, 9.17) is 4.74 Å². The Morgan fingerprint density at radius 2 is 1.51 bits per heavy atom.